The van der Waals surface area contributed by atoms with Crippen molar-refractivity contribution in [1.82, 2.24) is 9.38 Å². The number of halogens is 1. The Hall–Kier alpha value is -2.71. The minimum absolute atomic E-state index is 0.119. The van der Waals surface area contributed by atoms with Gasteiger partial charge in [0.1, 0.15) is 23.2 Å². The zero-order valence-electron chi connectivity index (χ0n) is 13.9. The average molecular weight is 354 g/mol. The maximum atomic E-state index is 10.7. The van der Waals surface area contributed by atoms with Crippen LogP contribution in [0.25, 0.3) is 16.8 Å². The lowest BCUT2D eigenvalue weighted by molar-refractivity contribution is 0.415. The van der Waals surface area contributed by atoms with Crippen molar-refractivity contribution in [2.75, 3.05) is 7.11 Å². The Bertz CT molecular complexity index is 1060. The summed E-state index contributed by atoms with van der Waals surface area (Å²) in [7, 11) is 1.58. The first-order valence-electron chi connectivity index (χ1n) is 8.06. The summed E-state index contributed by atoms with van der Waals surface area (Å²) in [5.74, 6) is 0.778. The molecule has 1 aromatic carbocycles. The molecule has 3 aromatic rings. The van der Waals surface area contributed by atoms with E-state index in [4.69, 9.17) is 21.3 Å². The van der Waals surface area contributed by atoms with Crippen LogP contribution in [0, 0.1) is 18.3 Å². The minimum Gasteiger partial charge on any atom is -0.497 e. The molecule has 1 N–H and O–H groups in total. The molecule has 0 radical (unpaired) electrons. The number of aryl methyl sites for hydroxylation is 1. The Balaban J connectivity index is 2.10. The van der Waals surface area contributed by atoms with Gasteiger partial charge in [0, 0.05) is 16.7 Å². The van der Waals surface area contributed by atoms with E-state index >= 15 is 0 Å². The highest BCUT2D eigenvalue weighted by molar-refractivity contribution is 6.33. The molecule has 0 fully saturated rings. The van der Waals surface area contributed by atoms with Gasteiger partial charge in [0.05, 0.1) is 17.8 Å². The van der Waals surface area contributed by atoms with Gasteiger partial charge < -0.3 is 9.84 Å². The largest absolute Gasteiger partial charge is 0.497 e. The summed E-state index contributed by atoms with van der Waals surface area (Å²) in [4.78, 5) is 4.77. The van der Waals surface area contributed by atoms with Gasteiger partial charge in [-0.3, -0.25) is 4.40 Å². The maximum Gasteiger partial charge on any atom is 0.203 e. The Kier molecular flexibility index (Phi) is 3.59. The standard InChI is InChI=1S/C19H16ClN3O2/c1-10-16(9-21)23-18(22-15-5-3-4-13(15)19(23)24)17(10)12-7-6-11(25-2)8-14(12)20/h6-8,24H,3-5H2,1-2H3. The number of methoxy groups -OCH3 is 1. The van der Waals surface area contributed by atoms with Crippen LogP contribution in [-0.4, -0.2) is 21.6 Å². The second kappa shape index (κ2) is 5.68. The molecule has 0 atom stereocenters. The summed E-state index contributed by atoms with van der Waals surface area (Å²) in [5, 5.41) is 20.9. The molecule has 0 saturated heterocycles. The molecule has 4 rings (SSSR count). The van der Waals surface area contributed by atoms with E-state index in [9.17, 15) is 10.4 Å². The fourth-order valence-corrected chi connectivity index (χ4v) is 3.89. The van der Waals surface area contributed by atoms with Crippen molar-refractivity contribution in [3.05, 3.63) is 45.7 Å². The van der Waals surface area contributed by atoms with E-state index in [1.807, 2.05) is 19.1 Å². The molecule has 1 aliphatic carbocycles. The van der Waals surface area contributed by atoms with Gasteiger partial charge in [-0.25, -0.2) is 4.98 Å². The van der Waals surface area contributed by atoms with Gasteiger partial charge >= 0.3 is 0 Å². The summed E-state index contributed by atoms with van der Waals surface area (Å²) in [6, 6.07) is 7.61. The lowest BCUT2D eigenvalue weighted by Gasteiger charge is -2.09. The lowest BCUT2D eigenvalue weighted by atomic mass is 10.0. The van der Waals surface area contributed by atoms with Crippen LogP contribution in [0.2, 0.25) is 5.02 Å². The van der Waals surface area contributed by atoms with E-state index in [2.05, 4.69) is 6.07 Å². The number of ether oxygens (including phenoxy) is 1. The van der Waals surface area contributed by atoms with Crippen molar-refractivity contribution >= 4 is 17.2 Å². The summed E-state index contributed by atoms with van der Waals surface area (Å²) >= 11 is 6.46. The third-order valence-corrected chi connectivity index (χ3v) is 5.16. The van der Waals surface area contributed by atoms with Crippen LogP contribution in [0.4, 0.5) is 0 Å². The summed E-state index contributed by atoms with van der Waals surface area (Å²) < 4.78 is 6.76. The number of fused-ring (bicyclic) bond motifs is 2. The van der Waals surface area contributed by atoms with Gasteiger partial charge in [0.25, 0.3) is 0 Å². The Morgan fingerprint density at radius 2 is 2.16 bits per heavy atom. The molecular formula is C19H16ClN3O2. The van der Waals surface area contributed by atoms with Gasteiger partial charge in [-0.2, -0.15) is 5.26 Å². The second-order valence-corrected chi connectivity index (χ2v) is 6.59. The normalized spacial score (nSPS) is 13.0. The number of aromatic hydroxyl groups is 1. The highest BCUT2D eigenvalue weighted by atomic mass is 35.5. The van der Waals surface area contributed by atoms with E-state index in [0.717, 1.165) is 47.2 Å². The number of hydrogen-bond acceptors (Lipinski definition) is 4. The van der Waals surface area contributed by atoms with Crippen molar-refractivity contribution in [2.24, 2.45) is 0 Å². The molecule has 2 aromatic heterocycles. The van der Waals surface area contributed by atoms with Gasteiger partial charge in [-0.15, -0.1) is 0 Å². The first kappa shape index (κ1) is 15.8. The first-order chi connectivity index (χ1) is 12.1. The topological polar surface area (TPSA) is 70.5 Å². The smallest absolute Gasteiger partial charge is 0.203 e. The minimum atomic E-state index is 0.119. The fourth-order valence-electron chi connectivity index (χ4n) is 3.62. The van der Waals surface area contributed by atoms with Crippen LogP contribution in [-0.2, 0) is 12.8 Å². The molecule has 0 saturated carbocycles. The third-order valence-electron chi connectivity index (χ3n) is 4.85. The number of aromatic nitrogens is 2. The van der Waals surface area contributed by atoms with Crippen molar-refractivity contribution in [1.29, 1.82) is 5.26 Å². The van der Waals surface area contributed by atoms with Crippen LogP contribution in [0.1, 0.15) is 28.9 Å². The van der Waals surface area contributed by atoms with E-state index in [1.54, 1.807) is 17.6 Å². The quantitative estimate of drug-likeness (QED) is 0.754. The Morgan fingerprint density at radius 3 is 2.84 bits per heavy atom. The number of benzene rings is 1. The van der Waals surface area contributed by atoms with Crippen LogP contribution in [0.5, 0.6) is 11.6 Å². The molecule has 0 aliphatic heterocycles. The molecule has 5 nitrogen and oxygen atoms in total. The maximum absolute atomic E-state index is 10.7. The van der Waals surface area contributed by atoms with Gasteiger partial charge in [-0.05, 0) is 49.9 Å². The Morgan fingerprint density at radius 1 is 1.36 bits per heavy atom. The van der Waals surface area contributed by atoms with Crippen LogP contribution in [0.3, 0.4) is 0 Å². The highest BCUT2D eigenvalue weighted by Gasteiger charge is 2.26. The fraction of sp³-hybridized carbons (Fsp3) is 0.263. The monoisotopic (exact) mass is 353 g/mol. The second-order valence-electron chi connectivity index (χ2n) is 6.18. The SMILES string of the molecule is COc1ccc(-c2c(C)c(C#N)n3c(O)c4c(nc23)CCC4)c(Cl)c1. The van der Waals surface area contributed by atoms with Gasteiger partial charge in [0.2, 0.25) is 5.88 Å². The van der Waals surface area contributed by atoms with Crippen LogP contribution < -0.4 is 4.74 Å². The molecule has 126 valence electrons. The summed E-state index contributed by atoms with van der Waals surface area (Å²) in [6.07, 6.45) is 2.58. The zero-order valence-corrected chi connectivity index (χ0v) is 14.7. The lowest BCUT2D eigenvalue weighted by Crippen LogP contribution is -1.99. The molecule has 2 heterocycles. The summed E-state index contributed by atoms with van der Waals surface area (Å²) in [5.41, 5.74) is 4.99. The van der Waals surface area contributed by atoms with Crippen molar-refractivity contribution in [2.45, 2.75) is 26.2 Å². The van der Waals surface area contributed by atoms with E-state index in [0.29, 0.717) is 22.1 Å². The van der Waals surface area contributed by atoms with Crippen molar-refractivity contribution in [3.8, 4) is 28.8 Å². The van der Waals surface area contributed by atoms with E-state index in [-0.39, 0.29) is 5.88 Å². The molecule has 0 spiro atoms. The number of hydrogen-bond donors (Lipinski definition) is 1. The van der Waals surface area contributed by atoms with Crippen molar-refractivity contribution < 1.29 is 9.84 Å². The molecule has 0 bridgehead atoms. The highest BCUT2D eigenvalue weighted by Crippen LogP contribution is 2.41. The molecule has 25 heavy (non-hydrogen) atoms. The number of rotatable bonds is 2. The van der Waals surface area contributed by atoms with Crippen LogP contribution in [0.15, 0.2) is 18.2 Å². The third kappa shape index (κ3) is 2.18. The molecule has 6 heteroatoms. The first-order valence-corrected chi connectivity index (χ1v) is 8.44. The molecule has 0 amide bonds. The molecular weight excluding hydrogens is 338 g/mol. The number of nitriles is 1. The van der Waals surface area contributed by atoms with E-state index < -0.39 is 0 Å². The number of nitrogens with zero attached hydrogens (tertiary/aromatic N) is 3. The molecule has 0 unspecified atom stereocenters. The van der Waals surface area contributed by atoms with Gasteiger partial charge in [-0.1, -0.05) is 11.6 Å². The van der Waals surface area contributed by atoms with E-state index in [1.165, 1.54) is 0 Å². The molecule has 1 aliphatic rings. The Labute approximate surface area is 150 Å². The van der Waals surface area contributed by atoms with Crippen LogP contribution >= 0.6 is 11.6 Å². The summed E-state index contributed by atoms with van der Waals surface area (Å²) in [6.45, 7) is 1.85. The average Bonchev–Trinajstić information content (AvgIpc) is 3.18. The predicted octanol–water partition coefficient (Wildman–Crippen LogP) is 4.04. The van der Waals surface area contributed by atoms with Crippen molar-refractivity contribution in [3.63, 3.8) is 0 Å². The van der Waals surface area contributed by atoms with Gasteiger partial charge in [0.15, 0.2) is 0 Å². The zero-order chi connectivity index (χ0) is 17.7. The predicted molar refractivity (Wildman–Crippen MR) is 95.3 cm³/mol.